The molecule has 0 spiro atoms. The predicted molar refractivity (Wildman–Crippen MR) is 75.9 cm³/mol. The minimum absolute atomic E-state index is 0. The summed E-state index contributed by atoms with van der Waals surface area (Å²) in [5, 5.41) is 2.56. The van der Waals surface area contributed by atoms with Gasteiger partial charge in [-0.05, 0) is 24.5 Å². The minimum Gasteiger partial charge on any atom is -0.352 e. The van der Waals surface area contributed by atoms with Crippen LogP contribution in [-0.2, 0) is 17.5 Å². The molecule has 2 unspecified atom stereocenters. The molecule has 118 valence electrons. The molecule has 2 rings (SSSR count). The summed E-state index contributed by atoms with van der Waals surface area (Å²) in [5.41, 5.74) is 5.16. The van der Waals surface area contributed by atoms with Gasteiger partial charge in [0.25, 0.3) is 0 Å². The Morgan fingerprint density at radius 3 is 2.52 bits per heavy atom. The van der Waals surface area contributed by atoms with Gasteiger partial charge in [0.1, 0.15) is 0 Å². The molecule has 3 nitrogen and oxygen atoms in total. The molecular weight excluding hydrogens is 305 g/mol. The van der Waals surface area contributed by atoms with Crippen molar-refractivity contribution in [1.82, 2.24) is 5.32 Å². The summed E-state index contributed by atoms with van der Waals surface area (Å²) in [6.45, 7) is -0.127. The highest BCUT2D eigenvalue weighted by Crippen LogP contribution is 2.32. The number of nitrogens with two attached hydrogens (primary N) is 1. The fourth-order valence-corrected chi connectivity index (χ4v) is 2.58. The Morgan fingerprint density at radius 2 is 1.95 bits per heavy atom. The van der Waals surface area contributed by atoms with Gasteiger partial charge in [-0.2, -0.15) is 13.2 Å². The first kappa shape index (κ1) is 17.8. The molecule has 7 heteroatoms. The van der Waals surface area contributed by atoms with Crippen LogP contribution in [0.1, 0.15) is 30.4 Å². The van der Waals surface area contributed by atoms with E-state index in [4.69, 9.17) is 5.73 Å². The van der Waals surface area contributed by atoms with Crippen LogP contribution in [0.4, 0.5) is 13.2 Å². The molecule has 3 N–H and O–H groups in total. The second kappa shape index (κ2) is 7.13. The molecule has 0 aliphatic heterocycles. The SMILES string of the molecule is Cl.NC1CCCC1C(=O)NCc1ccccc1C(F)(F)F. The van der Waals surface area contributed by atoms with Crippen molar-refractivity contribution < 1.29 is 18.0 Å². The van der Waals surface area contributed by atoms with E-state index >= 15 is 0 Å². The highest BCUT2D eigenvalue weighted by atomic mass is 35.5. The van der Waals surface area contributed by atoms with Crippen LogP contribution in [0.2, 0.25) is 0 Å². The van der Waals surface area contributed by atoms with Crippen LogP contribution in [-0.4, -0.2) is 11.9 Å². The molecule has 1 saturated carbocycles. The molecule has 1 amide bonds. The van der Waals surface area contributed by atoms with E-state index in [9.17, 15) is 18.0 Å². The fraction of sp³-hybridized carbons (Fsp3) is 0.500. The zero-order valence-corrected chi connectivity index (χ0v) is 12.1. The quantitative estimate of drug-likeness (QED) is 0.899. The maximum absolute atomic E-state index is 12.8. The first-order valence-electron chi connectivity index (χ1n) is 6.58. The molecule has 0 heterocycles. The summed E-state index contributed by atoms with van der Waals surface area (Å²) in [5.74, 6) is -0.542. The van der Waals surface area contributed by atoms with Crippen LogP contribution in [0, 0.1) is 5.92 Å². The van der Waals surface area contributed by atoms with Gasteiger partial charge >= 0.3 is 6.18 Å². The molecule has 1 aromatic rings. The van der Waals surface area contributed by atoms with Crippen LogP contribution < -0.4 is 11.1 Å². The van der Waals surface area contributed by atoms with E-state index in [1.54, 1.807) is 0 Å². The second-order valence-electron chi connectivity index (χ2n) is 5.07. The summed E-state index contributed by atoms with van der Waals surface area (Å²) in [4.78, 5) is 11.9. The lowest BCUT2D eigenvalue weighted by molar-refractivity contribution is -0.138. The topological polar surface area (TPSA) is 55.1 Å². The molecule has 1 fully saturated rings. The third-order valence-electron chi connectivity index (χ3n) is 3.68. The third kappa shape index (κ3) is 4.35. The predicted octanol–water partition coefficient (Wildman–Crippen LogP) is 2.87. The number of alkyl halides is 3. The molecule has 1 aromatic carbocycles. The largest absolute Gasteiger partial charge is 0.416 e. The molecule has 21 heavy (non-hydrogen) atoms. The normalized spacial score (nSPS) is 21.7. The Morgan fingerprint density at radius 1 is 1.29 bits per heavy atom. The number of nitrogens with one attached hydrogen (secondary N) is 1. The van der Waals surface area contributed by atoms with Crippen molar-refractivity contribution >= 4 is 18.3 Å². The van der Waals surface area contributed by atoms with Gasteiger partial charge in [0.2, 0.25) is 5.91 Å². The van der Waals surface area contributed by atoms with Crippen molar-refractivity contribution in [1.29, 1.82) is 0 Å². The van der Waals surface area contributed by atoms with E-state index in [1.165, 1.54) is 18.2 Å². The number of carbonyl (C=O) groups excluding carboxylic acids is 1. The number of hydrogen-bond acceptors (Lipinski definition) is 2. The number of hydrogen-bond donors (Lipinski definition) is 2. The Bertz CT molecular complexity index is 493. The molecule has 0 saturated heterocycles. The summed E-state index contributed by atoms with van der Waals surface area (Å²) >= 11 is 0. The Labute approximate surface area is 127 Å². The van der Waals surface area contributed by atoms with E-state index in [-0.39, 0.29) is 42.4 Å². The van der Waals surface area contributed by atoms with Gasteiger partial charge in [0.15, 0.2) is 0 Å². The number of rotatable bonds is 3. The first-order valence-corrected chi connectivity index (χ1v) is 6.58. The fourth-order valence-electron chi connectivity index (χ4n) is 2.58. The zero-order valence-electron chi connectivity index (χ0n) is 11.3. The van der Waals surface area contributed by atoms with Crippen LogP contribution in [0.25, 0.3) is 0 Å². The average molecular weight is 323 g/mol. The van der Waals surface area contributed by atoms with Gasteiger partial charge in [-0.3, -0.25) is 4.79 Å². The molecule has 0 bridgehead atoms. The summed E-state index contributed by atoms with van der Waals surface area (Å²) in [6, 6.07) is 5.06. The van der Waals surface area contributed by atoms with Gasteiger partial charge in [-0.25, -0.2) is 0 Å². The standard InChI is InChI=1S/C14H17F3N2O.ClH/c15-14(16,17)11-6-2-1-4-9(11)8-19-13(20)10-5-3-7-12(10)18;/h1-2,4,6,10,12H,3,5,7-8,18H2,(H,19,20);1H. The average Bonchev–Trinajstić information content (AvgIpc) is 2.81. The lowest BCUT2D eigenvalue weighted by Gasteiger charge is -2.17. The lowest BCUT2D eigenvalue weighted by Crippen LogP contribution is -2.38. The molecule has 0 aromatic heterocycles. The molecular formula is C14H18ClF3N2O. The van der Waals surface area contributed by atoms with Crippen molar-refractivity contribution in [2.24, 2.45) is 11.7 Å². The van der Waals surface area contributed by atoms with Gasteiger partial charge in [-0.1, -0.05) is 24.6 Å². The number of benzene rings is 1. The van der Waals surface area contributed by atoms with Crippen LogP contribution in [0.3, 0.4) is 0 Å². The van der Waals surface area contributed by atoms with Gasteiger partial charge in [-0.15, -0.1) is 12.4 Å². The summed E-state index contributed by atoms with van der Waals surface area (Å²) in [6.07, 6.45) is -2.03. The minimum atomic E-state index is -4.41. The van der Waals surface area contributed by atoms with Crippen LogP contribution >= 0.6 is 12.4 Å². The Kier molecular flexibility index (Phi) is 6.04. The maximum atomic E-state index is 12.8. The third-order valence-corrected chi connectivity index (χ3v) is 3.68. The van der Waals surface area contributed by atoms with E-state index in [2.05, 4.69) is 5.32 Å². The molecule has 1 aliphatic rings. The van der Waals surface area contributed by atoms with E-state index in [0.29, 0.717) is 6.42 Å². The molecule has 1 aliphatic carbocycles. The van der Waals surface area contributed by atoms with Crippen molar-refractivity contribution in [3.05, 3.63) is 35.4 Å². The first-order chi connectivity index (χ1) is 9.39. The highest BCUT2D eigenvalue weighted by molar-refractivity contribution is 5.85. The van der Waals surface area contributed by atoms with E-state index in [0.717, 1.165) is 18.9 Å². The summed E-state index contributed by atoms with van der Waals surface area (Å²) < 4.78 is 38.4. The van der Waals surface area contributed by atoms with E-state index < -0.39 is 11.7 Å². The lowest BCUT2D eigenvalue weighted by atomic mass is 10.0. The van der Waals surface area contributed by atoms with Crippen molar-refractivity contribution in [3.63, 3.8) is 0 Å². The highest BCUT2D eigenvalue weighted by Gasteiger charge is 2.34. The Hall–Kier alpha value is -1.27. The van der Waals surface area contributed by atoms with Gasteiger partial charge in [0.05, 0.1) is 11.5 Å². The maximum Gasteiger partial charge on any atom is 0.416 e. The van der Waals surface area contributed by atoms with Crippen LogP contribution in [0.15, 0.2) is 24.3 Å². The zero-order chi connectivity index (χ0) is 14.8. The van der Waals surface area contributed by atoms with E-state index in [1.807, 2.05) is 0 Å². The number of carbonyl (C=O) groups is 1. The summed E-state index contributed by atoms with van der Waals surface area (Å²) in [7, 11) is 0. The van der Waals surface area contributed by atoms with Crippen LogP contribution in [0.5, 0.6) is 0 Å². The van der Waals surface area contributed by atoms with Crippen molar-refractivity contribution in [2.45, 2.75) is 38.0 Å². The number of halogens is 4. The number of amides is 1. The smallest absolute Gasteiger partial charge is 0.352 e. The molecule has 2 atom stereocenters. The van der Waals surface area contributed by atoms with Gasteiger partial charge < -0.3 is 11.1 Å². The molecule has 0 radical (unpaired) electrons. The van der Waals surface area contributed by atoms with Crippen molar-refractivity contribution in [2.75, 3.05) is 0 Å². The van der Waals surface area contributed by atoms with Crippen molar-refractivity contribution in [3.8, 4) is 0 Å². The van der Waals surface area contributed by atoms with Gasteiger partial charge in [0, 0.05) is 12.6 Å². The monoisotopic (exact) mass is 322 g/mol. The second-order valence-corrected chi connectivity index (χ2v) is 5.07. The Balaban J connectivity index is 0.00000220.